The first kappa shape index (κ1) is 15.7. The van der Waals surface area contributed by atoms with Crippen LogP contribution in [0.4, 0.5) is 10.1 Å². The van der Waals surface area contributed by atoms with Gasteiger partial charge in [-0.05, 0) is 42.2 Å². The number of nitrogen functional groups attached to an aromatic ring is 1. The van der Waals surface area contributed by atoms with E-state index in [1.165, 1.54) is 18.2 Å². The van der Waals surface area contributed by atoms with E-state index in [1.54, 1.807) is 10.9 Å². The van der Waals surface area contributed by atoms with Gasteiger partial charge in [0.15, 0.2) is 0 Å². The number of ketones is 1. The molecule has 0 atom stereocenters. The second kappa shape index (κ2) is 6.36. The molecule has 21 heavy (non-hydrogen) atoms. The van der Waals surface area contributed by atoms with E-state index in [2.05, 4.69) is 21.0 Å². The molecule has 0 radical (unpaired) electrons. The number of hydrogen-bond donors (Lipinski definition) is 1. The molecule has 5 nitrogen and oxygen atoms in total. The van der Waals surface area contributed by atoms with Crippen molar-refractivity contribution in [1.82, 2.24) is 14.7 Å². The molecule has 0 aliphatic carbocycles. The van der Waals surface area contributed by atoms with Crippen LogP contribution >= 0.6 is 15.9 Å². The van der Waals surface area contributed by atoms with Crippen LogP contribution in [0.15, 0.2) is 28.9 Å². The molecule has 0 bridgehead atoms. The first-order valence-electron chi connectivity index (χ1n) is 6.36. The molecule has 2 aromatic rings. The highest BCUT2D eigenvalue weighted by atomic mass is 79.9. The van der Waals surface area contributed by atoms with Crippen LogP contribution in [0.2, 0.25) is 0 Å². The monoisotopic (exact) mass is 354 g/mol. The summed E-state index contributed by atoms with van der Waals surface area (Å²) in [6, 6.07) is 4.20. The minimum Gasteiger partial charge on any atom is -0.396 e. The van der Waals surface area contributed by atoms with Gasteiger partial charge < -0.3 is 10.6 Å². The van der Waals surface area contributed by atoms with Crippen LogP contribution in [-0.4, -0.2) is 41.1 Å². The van der Waals surface area contributed by atoms with Crippen LogP contribution in [-0.2, 0) is 6.54 Å². The lowest BCUT2D eigenvalue weighted by Crippen LogP contribution is -2.22. The number of hydrogen-bond acceptors (Lipinski definition) is 4. The summed E-state index contributed by atoms with van der Waals surface area (Å²) in [5.74, 6) is -0.952. The summed E-state index contributed by atoms with van der Waals surface area (Å²) in [5, 5.41) is 4.17. The smallest absolute Gasteiger partial charge is 0.214 e. The van der Waals surface area contributed by atoms with Crippen molar-refractivity contribution in [3.8, 4) is 0 Å². The fourth-order valence-corrected chi connectivity index (χ4v) is 2.39. The van der Waals surface area contributed by atoms with Crippen LogP contribution < -0.4 is 5.73 Å². The Kier molecular flexibility index (Phi) is 4.74. The summed E-state index contributed by atoms with van der Waals surface area (Å²) >= 11 is 3.31. The van der Waals surface area contributed by atoms with Gasteiger partial charge in [0.1, 0.15) is 11.5 Å². The molecule has 0 saturated carbocycles. The van der Waals surface area contributed by atoms with Crippen LogP contribution in [0.5, 0.6) is 0 Å². The van der Waals surface area contributed by atoms with Crippen LogP contribution in [0.25, 0.3) is 0 Å². The quantitative estimate of drug-likeness (QED) is 0.660. The number of halogens is 2. The maximum Gasteiger partial charge on any atom is 0.214 e. The number of nitrogens with two attached hydrogens (primary N) is 1. The van der Waals surface area contributed by atoms with Crippen molar-refractivity contribution in [2.75, 3.05) is 26.4 Å². The summed E-state index contributed by atoms with van der Waals surface area (Å²) in [7, 11) is 3.87. The molecule has 7 heteroatoms. The van der Waals surface area contributed by atoms with Crippen LogP contribution in [0.3, 0.4) is 0 Å². The molecule has 0 fully saturated rings. The van der Waals surface area contributed by atoms with Gasteiger partial charge in [0.25, 0.3) is 0 Å². The molecule has 2 N–H and O–H groups in total. The molecular weight excluding hydrogens is 339 g/mol. The molecule has 0 spiro atoms. The van der Waals surface area contributed by atoms with Crippen molar-refractivity contribution in [3.63, 3.8) is 0 Å². The third-order valence-corrected chi connectivity index (χ3v) is 3.65. The average Bonchev–Trinajstić information content (AvgIpc) is 2.80. The Morgan fingerprint density at radius 3 is 2.86 bits per heavy atom. The Labute approximate surface area is 130 Å². The highest BCUT2D eigenvalue weighted by Gasteiger charge is 2.21. The third kappa shape index (κ3) is 3.30. The standard InChI is InChI=1S/C14H16BrFN4O/c1-19(2)6-7-20-13(10(15)8-18-20)14(21)9-4-3-5-11(16)12(9)17/h3-5,8H,6-7,17H2,1-2H3. The van der Waals surface area contributed by atoms with Gasteiger partial charge in [0, 0.05) is 6.54 Å². The van der Waals surface area contributed by atoms with E-state index < -0.39 is 5.82 Å². The van der Waals surface area contributed by atoms with Crippen molar-refractivity contribution in [2.45, 2.75) is 6.54 Å². The van der Waals surface area contributed by atoms with Gasteiger partial charge in [0.05, 0.1) is 28.5 Å². The van der Waals surface area contributed by atoms with E-state index in [0.717, 1.165) is 6.54 Å². The topological polar surface area (TPSA) is 64.2 Å². The third-order valence-electron chi connectivity index (χ3n) is 3.07. The fourth-order valence-electron chi connectivity index (χ4n) is 1.92. The van der Waals surface area contributed by atoms with Crippen molar-refractivity contribution >= 4 is 27.4 Å². The van der Waals surface area contributed by atoms with E-state index in [4.69, 9.17) is 5.73 Å². The number of carbonyl (C=O) groups excluding carboxylic acids is 1. The first-order chi connectivity index (χ1) is 9.91. The lowest BCUT2D eigenvalue weighted by molar-refractivity contribution is 0.102. The molecule has 0 saturated heterocycles. The van der Waals surface area contributed by atoms with E-state index in [1.807, 2.05) is 19.0 Å². The van der Waals surface area contributed by atoms with Gasteiger partial charge in [-0.1, -0.05) is 6.07 Å². The zero-order valence-corrected chi connectivity index (χ0v) is 13.4. The number of para-hydroxylation sites is 1. The molecule has 1 aromatic carbocycles. The number of anilines is 1. The maximum atomic E-state index is 13.5. The second-order valence-electron chi connectivity index (χ2n) is 4.90. The lowest BCUT2D eigenvalue weighted by Gasteiger charge is -2.12. The molecule has 0 aliphatic rings. The molecular formula is C14H16BrFN4O. The summed E-state index contributed by atoms with van der Waals surface area (Å²) in [5.41, 5.74) is 6.03. The Morgan fingerprint density at radius 2 is 2.19 bits per heavy atom. The van der Waals surface area contributed by atoms with Crippen molar-refractivity contribution in [2.24, 2.45) is 0 Å². The van der Waals surface area contributed by atoms with Crippen LogP contribution in [0, 0.1) is 5.82 Å². The van der Waals surface area contributed by atoms with Crippen molar-refractivity contribution in [3.05, 3.63) is 45.9 Å². The second-order valence-corrected chi connectivity index (χ2v) is 5.75. The maximum absolute atomic E-state index is 13.5. The fraction of sp³-hybridized carbons (Fsp3) is 0.286. The molecule has 1 heterocycles. The molecule has 1 aromatic heterocycles. The number of carbonyl (C=O) groups is 1. The summed E-state index contributed by atoms with van der Waals surface area (Å²) in [4.78, 5) is 14.6. The van der Waals surface area contributed by atoms with Gasteiger partial charge in [-0.2, -0.15) is 5.10 Å². The Hall–Kier alpha value is -1.73. The molecule has 0 unspecified atom stereocenters. The van der Waals surface area contributed by atoms with Gasteiger partial charge in [-0.25, -0.2) is 4.39 Å². The van der Waals surface area contributed by atoms with E-state index in [9.17, 15) is 9.18 Å². The molecule has 0 aliphatic heterocycles. The Bertz CT molecular complexity index is 669. The van der Waals surface area contributed by atoms with Gasteiger partial charge in [-0.15, -0.1) is 0 Å². The summed E-state index contributed by atoms with van der Waals surface area (Å²) in [6.07, 6.45) is 1.55. The first-order valence-corrected chi connectivity index (χ1v) is 7.16. The highest BCUT2D eigenvalue weighted by molar-refractivity contribution is 9.10. The number of nitrogens with zero attached hydrogens (tertiary/aromatic N) is 3. The number of likely N-dealkylation sites (N-methyl/N-ethyl adjacent to an activating group) is 1. The molecule has 2 rings (SSSR count). The largest absolute Gasteiger partial charge is 0.396 e. The zero-order chi connectivity index (χ0) is 15.6. The van der Waals surface area contributed by atoms with E-state index in [-0.39, 0.29) is 17.0 Å². The van der Waals surface area contributed by atoms with Crippen LogP contribution in [0.1, 0.15) is 16.1 Å². The minimum absolute atomic E-state index is 0.141. The SMILES string of the molecule is CN(C)CCn1ncc(Br)c1C(=O)c1cccc(F)c1N. The van der Waals surface area contributed by atoms with Gasteiger partial charge in [0.2, 0.25) is 5.78 Å². The average molecular weight is 355 g/mol. The Morgan fingerprint density at radius 1 is 1.48 bits per heavy atom. The van der Waals surface area contributed by atoms with E-state index in [0.29, 0.717) is 16.7 Å². The zero-order valence-electron chi connectivity index (χ0n) is 11.8. The minimum atomic E-state index is -0.601. The number of aromatic nitrogens is 2. The van der Waals surface area contributed by atoms with Gasteiger partial charge >= 0.3 is 0 Å². The normalized spacial score (nSPS) is 11.1. The molecule has 112 valence electrons. The summed E-state index contributed by atoms with van der Waals surface area (Å²) in [6.45, 7) is 1.28. The lowest BCUT2D eigenvalue weighted by atomic mass is 10.1. The molecule has 0 amide bonds. The number of benzene rings is 1. The van der Waals surface area contributed by atoms with Gasteiger partial charge in [-0.3, -0.25) is 9.48 Å². The van der Waals surface area contributed by atoms with Crippen molar-refractivity contribution in [1.29, 1.82) is 0 Å². The Balaban J connectivity index is 2.39. The van der Waals surface area contributed by atoms with Crippen molar-refractivity contribution < 1.29 is 9.18 Å². The van der Waals surface area contributed by atoms with E-state index >= 15 is 0 Å². The summed E-state index contributed by atoms with van der Waals surface area (Å²) < 4.78 is 15.7. The number of rotatable bonds is 5. The predicted molar refractivity (Wildman–Crippen MR) is 82.7 cm³/mol. The highest BCUT2D eigenvalue weighted by Crippen LogP contribution is 2.24. The predicted octanol–water partition coefficient (Wildman–Crippen LogP) is 2.16.